The molecule has 1 amide bonds. The molecule has 0 spiro atoms. The summed E-state index contributed by atoms with van der Waals surface area (Å²) in [7, 11) is 2.26. The fourth-order valence-electron chi connectivity index (χ4n) is 1.43. The van der Waals surface area contributed by atoms with Crippen LogP contribution in [0.4, 0.5) is 5.82 Å². The minimum Gasteiger partial charge on any atom is -0.468 e. The molecule has 114 valence electrons. The van der Waals surface area contributed by atoms with E-state index in [-0.39, 0.29) is 11.5 Å². The number of nitrogens with zero attached hydrogens (tertiary/aromatic N) is 2. The van der Waals surface area contributed by atoms with E-state index in [4.69, 9.17) is 0 Å². The molecule has 0 saturated carbocycles. The molecule has 21 heavy (non-hydrogen) atoms. The monoisotopic (exact) mass is 299 g/mol. The van der Waals surface area contributed by atoms with E-state index in [1.807, 2.05) is 0 Å². The highest BCUT2D eigenvalue weighted by Crippen LogP contribution is 2.12. The smallest absolute Gasteiger partial charge is 0.325 e. The van der Waals surface area contributed by atoms with Crippen molar-refractivity contribution in [1.29, 1.82) is 0 Å². The highest BCUT2D eigenvalue weighted by atomic mass is 16.6. The summed E-state index contributed by atoms with van der Waals surface area (Å²) in [6.07, 6.45) is 0. The van der Waals surface area contributed by atoms with Crippen LogP contribution in [0.25, 0.3) is 0 Å². The molecule has 1 rings (SSSR count). The van der Waals surface area contributed by atoms with Crippen molar-refractivity contribution in [3.8, 4) is 0 Å². The van der Waals surface area contributed by atoms with E-state index >= 15 is 0 Å². The van der Waals surface area contributed by atoms with Crippen molar-refractivity contribution in [3.05, 3.63) is 27.9 Å². The van der Waals surface area contributed by atoms with Crippen molar-refractivity contribution in [3.63, 3.8) is 0 Å². The van der Waals surface area contributed by atoms with Crippen LogP contribution in [0.3, 0.4) is 0 Å². The molecule has 1 aromatic rings. The lowest BCUT2D eigenvalue weighted by atomic mass is 10.3. The molecular formula is C11H13N3O7. The number of nitro groups is 1. The average molecular weight is 299 g/mol. The van der Waals surface area contributed by atoms with Gasteiger partial charge in [0.25, 0.3) is 5.91 Å². The van der Waals surface area contributed by atoms with Gasteiger partial charge < -0.3 is 24.5 Å². The molecule has 0 atom stereocenters. The molecule has 1 heterocycles. The first kappa shape index (κ1) is 16.1. The van der Waals surface area contributed by atoms with E-state index in [1.165, 1.54) is 6.07 Å². The fourth-order valence-corrected chi connectivity index (χ4v) is 1.43. The van der Waals surface area contributed by atoms with E-state index in [9.17, 15) is 24.5 Å². The Hall–Kier alpha value is -2.91. The van der Waals surface area contributed by atoms with Crippen LogP contribution in [0.1, 0.15) is 10.5 Å². The standard InChI is InChI=1S/C11H13N3O7/c1-20-9(15)5-13(6-10(16)21-2)11(17)7-3-4-8(12-7)14(18)19/h3-4,12H,5-6H2,1-2H3. The van der Waals surface area contributed by atoms with Gasteiger partial charge in [0.1, 0.15) is 13.1 Å². The molecule has 1 aromatic heterocycles. The summed E-state index contributed by atoms with van der Waals surface area (Å²) in [6, 6.07) is 2.28. The Morgan fingerprint density at radius 1 is 1.19 bits per heavy atom. The molecule has 10 heteroatoms. The number of H-pyrrole nitrogens is 1. The highest BCUT2D eigenvalue weighted by molar-refractivity contribution is 5.96. The molecule has 0 saturated heterocycles. The Kier molecular flexibility index (Phi) is 5.40. The van der Waals surface area contributed by atoms with Gasteiger partial charge in [-0.2, -0.15) is 0 Å². The van der Waals surface area contributed by atoms with E-state index in [1.54, 1.807) is 0 Å². The number of aromatic amines is 1. The van der Waals surface area contributed by atoms with Crippen LogP contribution < -0.4 is 0 Å². The Labute approximate surface area is 118 Å². The zero-order chi connectivity index (χ0) is 16.0. The lowest BCUT2D eigenvalue weighted by molar-refractivity contribution is -0.389. The first-order chi connectivity index (χ1) is 9.88. The van der Waals surface area contributed by atoms with E-state index in [0.717, 1.165) is 25.2 Å². The molecule has 0 unspecified atom stereocenters. The Morgan fingerprint density at radius 2 is 1.71 bits per heavy atom. The first-order valence-corrected chi connectivity index (χ1v) is 5.65. The van der Waals surface area contributed by atoms with Crippen LogP contribution in [-0.2, 0) is 19.1 Å². The number of amides is 1. The SMILES string of the molecule is COC(=O)CN(CC(=O)OC)C(=O)c1ccc([N+](=O)[O-])[nH]1. The number of carbonyl (C=O) groups excluding carboxylic acids is 3. The Bertz CT molecular complexity index is 548. The molecule has 0 radical (unpaired) electrons. The third-order valence-electron chi connectivity index (χ3n) is 2.48. The third kappa shape index (κ3) is 4.30. The van der Waals surface area contributed by atoms with Gasteiger partial charge in [-0.05, 0) is 11.0 Å². The molecule has 0 aliphatic heterocycles. The van der Waals surface area contributed by atoms with Gasteiger partial charge >= 0.3 is 17.8 Å². The third-order valence-corrected chi connectivity index (χ3v) is 2.48. The van der Waals surface area contributed by atoms with Crippen LogP contribution in [0.2, 0.25) is 0 Å². The van der Waals surface area contributed by atoms with Crippen molar-refractivity contribution in [1.82, 2.24) is 9.88 Å². The number of rotatable bonds is 6. The molecule has 10 nitrogen and oxygen atoms in total. The maximum absolute atomic E-state index is 12.1. The number of nitrogens with one attached hydrogen (secondary N) is 1. The largest absolute Gasteiger partial charge is 0.468 e. The predicted octanol–water partition coefficient (Wildman–Crippen LogP) is -0.289. The first-order valence-electron chi connectivity index (χ1n) is 5.65. The van der Waals surface area contributed by atoms with Crippen LogP contribution in [-0.4, -0.2) is 60.0 Å². The normalized spacial score (nSPS) is 9.81. The van der Waals surface area contributed by atoms with Gasteiger partial charge in [0.05, 0.1) is 14.2 Å². The quantitative estimate of drug-likeness (QED) is 0.433. The maximum atomic E-state index is 12.1. The summed E-state index contributed by atoms with van der Waals surface area (Å²) in [5.74, 6) is -2.63. The number of ether oxygens (including phenoxy) is 2. The number of aromatic nitrogens is 1. The lowest BCUT2D eigenvalue weighted by Crippen LogP contribution is -2.40. The van der Waals surface area contributed by atoms with E-state index < -0.39 is 35.9 Å². The summed E-state index contributed by atoms with van der Waals surface area (Å²) < 4.78 is 8.84. The van der Waals surface area contributed by atoms with Gasteiger partial charge in [0.2, 0.25) is 0 Å². The van der Waals surface area contributed by atoms with Crippen molar-refractivity contribution in [2.45, 2.75) is 0 Å². The fraction of sp³-hybridized carbons (Fsp3) is 0.364. The lowest BCUT2D eigenvalue weighted by Gasteiger charge is -2.18. The van der Waals surface area contributed by atoms with E-state index in [0.29, 0.717) is 0 Å². The summed E-state index contributed by atoms with van der Waals surface area (Å²) in [6.45, 7) is -0.978. The van der Waals surface area contributed by atoms with Crippen LogP contribution in [0, 0.1) is 10.1 Å². The number of hydrogen-bond donors (Lipinski definition) is 1. The van der Waals surface area contributed by atoms with Gasteiger partial charge in [-0.15, -0.1) is 0 Å². The number of carbonyl (C=O) groups is 3. The second-order valence-electron chi connectivity index (χ2n) is 3.83. The molecular weight excluding hydrogens is 286 g/mol. The Balaban J connectivity index is 2.94. The van der Waals surface area contributed by atoms with Crippen molar-refractivity contribution in [2.75, 3.05) is 27.3 Å². The second-order valence-corrected chi connectivity index (χ2v) is 3.83. The number of esters is 2. The summed E-state index contributed by atoms with van der Waals surface area (Å²) in [5.41, 5.74) is -0.130. The average Bonchev–Trinajstić information content (AvgIpc) is 2.95. The van der Waals surface area contributed by atoms with Crippen LogP contribution >= 0.6 is 0 Å². The molecule has 1 N–H and O–H groups in total. The van der Waals surface area contributed by atoms with Gasteiger partial charge in [0, 0.05) is 6.07 Å². The number of hydrogen-bond acceptors (Lipinski definition) is 7. The zero-order valence-corrected chi connectivity index (χ0v) is 11.3. The Morgan fingerprint density at radius 3 is 2.10 bits per heavy atom. The molecule has 0 aliphatic carbocycles. The molecule has 0 aliphatic rings. The van der Waals surface area contributed by atoms with Crippen molar-refractivity contribution < 1.29 is 28.8 Å². The second kappa shape index (κ2) is 7.03. The minimum absolute atomic E-state index is 0.130. The van der Waals surface area contributed by atoms with E-state index in [2.05, 4.69) is 14.5 Å². The zero-order valence-electron chi connectivity index (χ0n) is 11.3. The highest BCUT2D eigenvalue weighted by Gasteiger charge is 2.26. The van der Waals surface area contributed by atoms with Gasteiger partial charge in [0.15, 0.2) is 5.69 Å². The minimum atomic E-state index is -0.765. The summed E-state index contributed by atoms with van der Waals surface area (Å²) in [5, 5.41) is 10.6. The molecule has 0 aromatic carbocycles. The summed E-state index contributed by atoms with van der Waals surface area (Å²) in [4.78, 5) is 47.6. The van der Waals surface area contributed by atoms with Crippen molar-refractivity contribution in [2.24, 2.45) is 0 Å². The predicted molar refractivity (Wildman–Crippen MR) is 67.4 cm³/mol. The van der Waals surface area contributed by atoms with Crippen LogP contribution in [0.15, 0.2) is 12.1 Å². The maximum Gasteiger partial charge on any atom is 0.325 e. The van der Waals surface area contributed by atoms with Gasteiger partial charge in [-0.1, -0.05) is 0 Å². The topological polar surface area (TPSA) is 132 Å². The summed E-state index contributed by atoms with van der Waals surface area (Å²) >= 11 is 0. The molecule has 0 fully saturated rings. The number of methoxy groups -OCH3 is 2. The van der Waals surface area contributed by atoms with Gasteiger partial charge in [-0.3, -0.25) is 14.4 Å². The van der Waals surface area contributed by atoms with Crippen molar-refractivity contribution >= 4 is 23.7 Å². The van der Waals surface area contributed by atoms with Gasteiger partial charge in [-0.25, -0.2) is 4.98 Å². The van der Waals surface area contributed by atoms with Crippen LogP contribution in [0.5, 0.6) is 0 Å². The molecule has 0 bridgehead atoms.